The molecular formula is C19H19FN6O2. The summed E-state index contributed by atoms with van der Waals surface area (Å²) < 4.78 is 14.1. The second-order valence-corrected chi connectivity index (χ2v) is 6.31. The van der Waals surface area contributed by atoms with Crippen LogP contribution in [0.2, 0.25) is 0 Å². The van der Waals surface area contributed by atoms with Crippen LogP contribution < -0.4 is 16.4 Å². The Balaban J connectivity index is 1.68. The van der Waals surface area contributed by atoms with Gasteiger partial charge in [0.25, 0.3) is 5.91 Å². The quantitative estimate of drug-likeness (QED) is 0.627. The van der Waals surface area contributed by atoms with Crippen LogP contribution in [0.5, 0.6) is 0 Å². The van der Waals surface area contributed by atoms with Gasteiger partial charge in [-0.1, -0.05) is 17.3 Å². The molecule has 0 atom stereocenters. The van der Waals surface area contributed by atoms with E-state index in [1.165, 1.54) is 24.3 Å². The standard InChI is InChI=1S/C19H19FN6O2/c1-11-3-4-12(2)15(9-11)23-16(27)10-26-18(21)17(24-25-26)19(28)22-14-7-5-13(20)6-8-14/h3-9H,10,21H2,1-2H3,(H,22,28)(H,23,27). The molecule has 0 bridgehead atoms. The number of carbonyl (C=O) groups excluding carboxylic acids is 2. The Morgan fingerprint density at radius 2 is 1.82 bits per heavy atom. The third kappa shape index (κ3) is 4.32. The Hall–Kier alpha value is -3.75. The molecule has 3 aromatic rings. The lowest BCUT2D eigenvalue weighted by atomic mass is 10.1. The minimum atomic E-state index is -0.606. The number of aromatic nitrogens is 3. The molecule has 2 aromatic carbocycles. The van der Waals surface area contributed by atoms with Crippen molar-refractivity contribution in [1.82, 2.24) is 15.0 Å². The van der Waals surface area contributed by atoms with Gasteiger partial charge in [0.2, 0.25) is 5.91 Å². The van der Waals surface area contributed by atoms with Crippen molar-refractivity contribution >= 4 is 29.0 Å². The van der Waals surface area contributed by atoms with Gasteiger partial charge in [-0.2, -0.15) is 0 Å². The third-order valence-electron chi connectivity index (χ3n) is 4.05. The highest BCUT2D eigenvalue weighted by Gasteiger charge is 2.19. The highest BCUT2D eigenvalue weighted by atomic mass is 19.1. The summed E-state index contributed by atoms with van der Waals surface area (Å²) in [5.74, 6) is -1.42. The maximum atomic E-state index is 12.9. The smallest absolute Gasteiger partial charge is 0.280 e. The molecule has 28 heavy (non-hydrogen) atoms. The Bertz CT molecular complexity index is 1030. The molecule has 0 spiro atoms. The van der Waals surface area contributed by atoms with Crippen LogP contribution in [0, 0.1) is 19.7 Å². The van der Waals surface area contributed by atoms with E-state index in [2.05, 4.69) is 20.9 Å². The van der Waals surface area contributed by atoms with Crippen LogP contribution in [0.3, 0.4) is 0 Å². The Labute approximate surface area is 160 Å². The molecule has 1 aromatic heterocycles. The maximum Gasteiger partial charge on any atom is 0.280 e. The molecule has 0 saturated heterocycles. The van der Waals surface area contributed by atoms with E-state index in [4.69, 9.17) is 5.73 Å². The fraction of sp³-hybridized carbons (Fsp3) is 0.158. The number of nitrogen functional groups attached to an aromatic ring is 1. The van der Waals surface area contributed by atoms with Gasteiger partial charge in [-0.3, -0.25) is 9.59 Å². The molecule has 9 heteroatoms. The van der Waals surface area contributed by atoms with Crippen molar-refractivity contribution in [3.05, 3.63) is 65.1 Å². The number of hydrogen-bond donors (Lipinski definition) is 3. The molecule has 0 aliphatic rings. The summed E-state index contributed by atoms with van der Waals surface area (Å²) in [6.07, 6.45) is 0. The highest BCUT2D eigenvalue weighted by Crippen LogP contribution is 2.17. The second-order valence-electron chi connectivity index (χ2n) is 6.31. The van der Waals surface area contributed by atoms with Crippen LogP contribution in [0.25, 0.3) is 0 Å². The van der Waals surface area contributed by atoms with Gasteiger partial charge in [0.1, 0.15) is 12.4 Å². The van der Waals surface area contributed by atoms with Gasteiger partial charge in [0, 0.05) is 11.4 Å². The number of halogens is 1. The van der Waals surface area contributed by atoms with Crippen molar-refractivity contribution in [1.29, 1.82) is 0 Å². The summed E-state index contributed by atoms with van der Waals surface area (Å²) in [5.41, 5.74) is 8.80. The Morgan fingerprint density at radius 3 is 2.54 bits per heavy atom. The summed E-state index contributed by atoms with van der Waals surface area (Å²) in [7, 11) is 0. The Kier molecular flexibility index (Phi) is 5.35. The van der Waals surface area contributed by atoms with Crippen LogP contribution >= 0.6 is 0 Å². The summed E-state index contributed by atoms with van der Waals surface area (Å²) in [6, 6.07) is 11.0. The first kappa shape index (κ1) is 19.0. The normalized spacial score (nSPS) is 10.5. The van der Waals surface area contributed by atoms with Crippen LogP contribution in [-0.2, 0) is 11.3 Å². The largest absolute Gasteiger partial charge is 0.382 e. The zero-order valence-electron chi connectivity index (χ0n) is 15.4. The van der Waals surface area contributed by atoms with E-state index in [0.29, 0.717) is 11.4 Å². The van der Waals surface area contributed by atoms with Crippen molar-refractivity contribution in [3.8, 4) is 0 Å². The van der Waals surface area contributed by atoms with Crippen molar-refractivity contribution in [3.63, 3.8) is 0 Å². The van der Waals surface area contributed by atoms with Gasteiger partial charge in [0.15, 0.2) is 11.5 Å². The van der Waals surface area contributed by atoms with Gasteiger partial charge in [0.05, 0.1) is 0 Å². The summed E-state index contributed by atoms with van der Waals surface area (Å²) in [4.78, 5) is 24.6. The number of nitrogens with zero attached hydrogens (tertiary/aromatic N) is 3. The summed E-state index contributed by atoms with van der Waals surface area (Å²) in [6.45, 7) is 3.61. The lowest BCUT2D eigenvalue weighted by Crippen LogP contribution is -2.22. The predicted molar refractivity (Wildman–Crippen MR) is 103 cm³/mol. The number of hydrogen-bond acceptors (Lipinski definition) is 5. The number of aryl methyl sites for hydroxylation is 2. The third-order valence-corrected chi connectivity index (χ3v) is 4.05. The first-order chi connectivity index (χ1) is 13.3. The molecule has 8 nitrogen and oxygen atoms in total. The molecule has 4 N–H and O–H groups in total. The molecule has 0 unspecified atom stereocenters. The van der Waals surface area contributed by atoms with Gasteiger partial charge < -0.3 is 16.4 Å². The number of benzene rings is 2. The number of anilines is 3. The SMILES string of the molecule is Cc1ccc(C)c(NC(=O)Cn2nnc(C(=O)Nc3ccc(F)cc3)c2N)c1. The molecule has 2 amide bonds. The topological polar surface area (TPSA) is 115 Å². The monoisotopic (exact) mass is 382 g/mol. The molecular weight excluding hydrogens is 363 g/mol. The van der Waals surface area contributed by atoms with Crippen LogP contribution in [-0.4, -0.2) is 26.8 Å². The van der Waals surface area contributed by atoms with E-state index in [9.17, 15) is 14.0 Å². The first-order valence-corrected chi connectivity index (χ1v) is 8.46. The number of nitrogens with one attached hydrogen (secondary N) is 2. The van der Waals surface area contributed by atoms with Crippen molar-refractivity contribution in [2.24, 2.45) is 0 Å². The molecule has 1 heterocycles. The van der Waals surface area contributed by atoms with Gasteiger partial charge in [-0.15, -0.1) is 5.10 Å². The highest BCUT2D eigenvalue weighted by molar-refractivity contribution is 6.05. The minimum absolute atomic E-state index is 0.0456. The van der Waals surface area contributed by atoms with Gasteiger partial charge in [-0.05, 0) is 55.3 Å². The van der Waals surface area contributed by atoms with Crippen molar-refractivity contribution in [2.75, 3.05) is 16.4 Å². The van der Waals surface area contributed by atoms with E-state index >= 15 is 0 Å². The molecule has 0 radical (unpaired) electrons. The fourth-order valence-electron chi connectivity index (χ4n) is 2.52. The predicted octanol–water partition coefficient (Wildman–Crippen LogP) is 2.51. The number of carbonyl (C=O) groups is 2. The fourth-order valence-corrected chi connectivity index (χ4v) is 2.52. The van der Waals surface area contributed by atoms with Crippen LogP contribution in [0.15, 0.2) is 42.5 Å². The van der Waals surface area contributed by atoms with E-state index in [-0.39, 0.29) is 24.0 Å². The molecule has 0 aliphatic heterocycles. The first-order valence-electron chi connectivity index (χ1n) is 8.46. The second kappa shape index (κ2) is 7.87. The van der Waals surface area contributed by atoms with Gasteiger partial charge >= 0.3 is 0 Å². The molecule has 3 rings (SSSR count). The molecule has 0 aliphatic carbocycles. The van der Waals surface area contributed by atoms with E-state index in [1.54, 1.807) is 0 Å². The average Bonchev–Trinajstić information content (AvgIpc) is 3.00. The molecule has 0 saturated carbocycles. The maximum absolute atomic E-state index is 12.9. The Morgan fingerprint density at radius 1 is 1.11 bits per heavy atom. The van der Waals surface area contributed by atoms with Crippen LogP contribution in [0.1, 0.15) is 21.6 Å². The zero-order chi connectivity index (χ0) is 20.3. The van der Waals surface area contributed by atoms with Crippen molar-refractivity contribution < 1.29 is 14.0 Å². The van der Waals surface area contributed by atoms with Crippen molar-refractivity contribution in [2.45, 2.75) is 20.4 Å². The van der Waals surface area contributed by atoms with E-state index < -0.39 is 11.7 Å². The lowest BCUT2D eigenvalue weighted by Gasteiger charge is -2.10. The number of amides is 2. The van der Waals surface area contributed by atoms with Crippen LogP contribution in [0.4, 0.5) is 21.6 Å². The molecule has 144 valence electrons. The number of nitrogens with two attached hydrogens (primary N) is 1. The summed E-state index contributed by atoms with van der Waals surface area (Å²) in [5, 5.41) is 12.9. The van der Waals surface area contributed by atoms with E-state index in [0.717, 1.165) is 15.8 Å². The van der Waals surface area contributed by atoms with Gasteiger partial charge in [-0.25, -0.2) is 9.07 Å². The summed E-state index contributed by atoms with van der Waals surface area (Å²) >= 11 is 0. The number of rotatable bonds is 5. The lowest BCUT2D eigenvalue weighted by molar-refractivity contribution is -0.116. The van der Waals surface area contributed by atoms with E-state index in [1.807, 2.05) is 32.0 Å². The molecule has 0 fully saturated rings. The average molecular weight is 382 g/mol. The minimum Gasteiger partial charge on any atom is -0.382 e. The zero-order valence-corrected chi connectivity index (χ0v) is 15.4.